The maximum absolute atomic E-state index is 4.23. The summed E-state index contributed by atoms with van der Waals surface area (Å²) in [6.45, 7) is 6.08. The molecule has 0 aliphatic rings. The van der Waals surface area contributed by atoms with Gasteiger partial charge in [0, 0.05) is 14.1 Å². The Bertz CT molecular complexity index is 155. The Morgan fingerprint density at radius 1 is 1.30 bits per heavy atom. The van der Waals surface area contributed by atoms with Gasteiger partial charge in [0.05, 0.1) is 5.71 Å². The van der Waals surface area contributed by atoms with Crippen LogP contribution in [0.3, 0.4) is 0 Å². The molecule has 0 aromatic carbocycles. The smallest absolute Gasteiger partial charge is 0.0600 e. The quantitative estimate of drug-likeness (QED) is 0.422. The molecular weight excluding hydrogens is 124 g/mol. The lowest BCUT2D eigenvalue weighted by atomic mass is 10.2. The van der Waals surface area contributed by atoms with Crippen molar-refractivity contribution in [3.05, 3.63) is 11.6 Å². The first-order valence-corrected chi connectivity index (χ1v) is 3.43. The van der Waals surface area contributed by atoms with Gasteiger partial charge in [-0.15, -0.1) is 0 Å². The van der Waals surface area contributed by atoms with Crippen molar-refractivity contribution < 1.29 is 0 Å². The van der Waals surface area contributed by atoms with Gasteiger partial charge in [-0.05, 0) is 26.3 Å². The molecule has 0 atom stereocenters. The SMILES string of the molecule is C/C=C(C)\C(C)=N\N(C)C. The van der Waals surface area contributed by atoms with E-state index in [1.807, 2.05) is 33.0 Å². The predicted octanol–water partition coefficient (Wildman–Crippen LogP) is 1.89. The largest absolute Gasteiger partial charge is 0.303 e. The molecular formula is C8H16N2. The molecule has 10 heavy (non-hydrogen) atoms. The highest BCUT2D eigenvalue weighted by atomic mass is 15.4. The van der Waals surface area contributed by atoms with Gasteiger partial charge in [0.25, 0.3) is 0 Å². The van der Waals surface area contributed by atoms with E-state index in [1.165, 1.54) is 5.57 Å². The Morgan fingerprint density at radius 3 is 2.10 bits per heavy atom. The molecule has 0 bridgehead atoms. The summed E-state index contributed by atoms with van der Waals surface area (Å²) < 4.78 is 0. The molecule has 0 N–H and O–H groups in total. The summed E-state index contributed by atoms with van der Waals surface area (Å²) in [7, 11) is 3.85. The molecule has 0 rings (SSSR count). The van der Waals surface area contributed by atoms with E-state index in [0.717, 1.165) is 5.71 Å². The van der Waals surface area contributed by atoms with Gasteiger partial charge in [-0.3, -0.25) is 0 Å². The Balaban J connectivity index is 4.20. The van der Waals surface area contributed by atoms with E-state index < -0.39 is 0 Å². The highest BCUT2D eigenvalue weighted by molar-refractivity contribution is 5.97. The third-order valence-corrected chi connectivity index (χ3v) is 1.35. The first-order valence-electron chi connectivity index (χ1n) is 3.43. The van der Waals surface area contributed by atoms with E-state index in [9.17, 15) is 0 Å². The first kappa shape index (κ1) is 9.21. The van der Waals surface area contributed by atoms with Crippen LogP contribution in [0.4, 0.5) is 0 Å². The average Bonchev–Trinajstić information content (AvgIpc) is 1.85. The molecule has 0 saturated heterocycles. The van der Waals surface area contributed by atoms with Crippen molar-refractivity contribution in [3.63, 3.8) is 0 Å². The number of allylic oxidation sites excluding steroid dienone is 2. The van der Waals surface area contributed by atoms with Crippen molar-refractivity contribution in [2.75, 3.05) is 14.1 Å². The predicted molar refractivity (Wildman–Crippen MR) is 46.2 cm³/mol. The van der Waals surface area contributed by atoms with Crippen LogP contribution in [0.5, 0.6) is 0 Å². The molecule has 2 heteroatoms. The summed E-state index contributed by atoms with van der Waals surface area (Å²) in [5, 5.41) is 6.04. The minimum Gasteiger partial charge on any atom is -0.303 e. The molecule has 0 aromatic rings. The van der Waals surface area contributed by atoms with E-state index in [0.29, 0.717) is 0 Å². The van der Waals surface area contributed by atoms with Crippen LogP contribution in [0.1, 0.15) is 20.8 Å². The van der Waals surface area contributed by atoms with Crippen LogP contribution < -0.4 is 0 Å². The number of hydrogen-bond acceptors (Lipinski definition) is 2. The third-order valence-electron chi connectivity index (χ3n) is 1.35. The van der Waals surface area contributed by atoms with E-state index in [4.69, 9.17) is 0 Å². The van der Waals surface area contributed by atoms with Crippen molar-refractivity contribution >= 4 is 5.71 Å². The zero-order chi connectivity index (χ0) is 8.15. The zero-order valence-electron chi connectivity index (χ0n) is 7.47. The second kappa shape index (κ2) is 4.09. The number of rotatable bonds is 2. The lowest BCUT2D eigenvalue weighted by Gasteiger charge is -2.06. The van der Waals surface area contributed by atoms with Gasteiger partial charge in [0.15, 0.2) is 0 Å². The van der Waals surface area contributed by atoms with Gasteiger partial charge in [-0.1, -0.05) is 6.08 Å². The number of hydrogen-bond donors (Lipinski definition) is 0. The highest BCUT2D eigenvalue weighted by Gasteiger charge is 1.91. The molecule has 0 saturated carbocycles. The molecule has 0 spiro atoms. The Morgan fingerprint density at radius 2 is 1.80 bits per heavy atom. The van der Waals surface area contributed by atoms with Crippen molar-refractivity contribution in [2.45, 2.75) is 20.8 Å². The molecule has 0 radical (unpaired) electrons. The lowest BCUT2D eigenvalue weighted by molar-refractivity contribution is 0.437. The normalized spacial score (nSPS) is 13.7. The Kier molecular flexibility index (Phi) is 3.77. The van der Waals surface area contributed by atoms with Crippen molar-refractivity contribution in [1.82, 2.24) is 5.01 Å². The van der Waals surface area contributed by atoms with Gasteiger partial charge >= 0.3 is 0 Å². The van der Waals surface area contributed by atoms with Crippen LogP contribution in [-0.4, -0.2) is 24.8 Å². The molecule has 0 heterocycles. The van der Waals surface area contributed by atoms with Gasteiger partial charge < -0.3 is 5.01 Å². The van der Waals surface area contributed by atoms with Gasteiger partial charge in [-0.2, -0.15) is 5.10 Å². The standard InChI is InChI=1S/C8H16N2/c1-6-7(2)8(3)9-10(4)5/h6H,1-5H3/b7-6-,9-8+. The fraction of sp³-hybridized carbons (Fsp3) is 0.625. The van der Waals surface area contributed by atoms with Gasteiger partial charge in [0.1, 0.15) is 0 Å². The fourth-order valence-corrected chi connectivity index (χ4v) is 0.588. The van der Waals surface area contributed by atoms with Crippen LogP contribution in [-0.2, 0) is 0 Å². The van der Waals surface area contributed by atoms with Crippen LogP contribution in [0, 0.1) is 0 Å². The average molecular weight is 140 g/mol. The Labute approximate surface area is 63.2 Å². The summed E-state index contributed by atoms with van der Waals surface area (Å²) in [6.07, 6.45) is 2.06. The maximum Gasteiger partial charge on any atom is 0.0600 e. The summed E-state index contributed by atoms with van der Waals surface area (Å²) in [5.41, 5.74) is 2.31. The molecule has 0 amide bonds. The van der Waals surface area contributed by atoms with E-state index in [1.54, 1.807) is 0 Å². The molecule has 0 aliphatic carbocycles. The number of hydrazone groups is 1. The summed E-state index contributed by atoms with van der Waals surface area (Å²) >= 11 is 0. The van der Waals surface area contributed by atoms with Crippen molar-refractivity contribution in [3.8, 4) is 0 Å². The van der Waals surface area contributed by atoms with Crippen LogP contribution in [0.25, 0.3) is 0 Å². The Hall–Kier alpha value is -0.790. The topological polar surface area (TPSA) is 15.6 Å². The molecule has 0 aliphatic heterocycles. The van der Waals surface area contributed by atoms with Crippen molar-refractivity contribution in [2.24, 2.45) is 5.10 Å². The molecule has 0 aromatic heterocycles. The molecule has 0 unspecified atom stereocenters. The van der Waals surface area contributed by atoms with E-state index >= 15 is 0 Å². The van der Waals surface area contributed by atoms with E-state index in [2.05, 4.69) is 18.1 Å². The molecule has 2 nitrogen and oxygen atoms in total. The fourth-order valence-electron chi connectivity index (χ4n) is 0.588. The minimum absolute atomic E-state index is 1.08. The summed E-state index contributed by atoms with van der Waals surface area (Å²) in [5.74, 6) is 0. The van der Waals surface area contributed by atoms with Crippen molar-refractivity contribution in [1.29, 1.82) is 0 Å². The van der Waals surface area contributed by atoms with E-state index in [-0.39, 0.29) is 0 Å². The lowest BCUT2D eigenvalue weighted by Crippen LogP contribution is -2.06. The second-order valence-electron chi connectivity index (χ2n) is 2.50. The zero-order valence-corrected chi connectivity index (χ0v) is 7.47. The molecule has 0 fully saturated rings. The van der Waals surface area contributed by atoms with Crippen LogP contribution >= 0.6 is 0 Å². The monoisotopic (exact) mass is 140 g/mol. The highest BCUT2D eigenvalue weighted by Crippen LogP contribution is 1.96. The molecule has 58 valence electrons. The third kappa shape index (κ3) is 3.28. The second-order valence-corrected chi connectivity index (χ2v) is 2.50. The maximum atomic E-state index is 4.23. The minimum atomic E-state index is 1.08. The summed E-state index contributed by atoms with van der Waals surface area (Å²) in [4.78, 5) is 0. The van der Waals surface area contributed by atoms with Gasteiger partial charge in [0.2, 0.25) is 0 Å². The van der Waals surface area contributed by atoms with Crippen LogP contribution in [0.2, 0.25) is 0 Å². The number of nitrogens with zero attached hydrogens (tertiary/aromatic N) is 2. The van der Waals surface area contributed by atoms with Gasteiger partial charge in [-0.25, -0.2) is 0 Å². The summed E-state index contributed by atoms with van der Waals surface area (Å²) in [6, 6.07) is 0. The van der Waals surface area contributed by atoms with Crippen LogP contribution in [0.15, 0.2) is 16.8 Å². The first-order chi connectivity index (χ1) is 4.57.